The molecule has 0 saturated carbocycles. The molecule has 6 nitrogen and oxygen atoms in total. The van der Waals surface area contributed by atoms with Gasteiger partial charge in [0.15, 0.2) is 0 Å². The first-order valence-corrected chi connectivity index (χ1v) is 5.84. The fourth-order valence-corrected chi connectivity index (χ4v) is 1.69. The molecular formula is C12H15N5O. The summed E-state index contributed by atoms with van der Waals surface area (Å²) in [5, 5.41) is 15.6. The van der Waals surface area contributed by atoms with Crippen LogP contribution in [0.25, 0.3) is 0 Å². The highest BCUT2D eigenvalue weighted by molar-refractivity contribution is 5.89. The van der Waals surface area contributed by atoms with E-state index in [9.17, 15) is 4.79 Å². The molecule has 0 fully saturated rings. The van der Waals surface area contributed by atoms with Gasteiger partial charge in [-0.1, -0.05) is 37.3 Å². The molecule has 2 aromatic rings. The van der Waals surface area contributed by atoms with Gasteiger partial charge < -0.3 is 5.32 Å². The van der Waals surface area contributed by atoms with Gasteiger partial charge in [-0.2, -0.15) is 5.21 Å². The summed E-state index contributed by atoms with van der Waals surface area (Å²) in [4.78, 5) is 11.5. The summed E-state index contributed by atoms with van der Waals surface area (Å²) in [6.45, 7) is 2.72. The monoisotopic (exact) mass is 245 g/mol. The van der Waals surface area contributed by atoms with Gasteiger partial charge in [0.25, 0.3) is 11.7 Å². The second-order valence-electron chi connectivity index (χ2n) is 4.09. The van der Waals surface area contributed by atoms with Crippen LogP contribution in [0.1, 0.15) is 35.4 Å². The lowest BCUT2D eigenvalue weighted by Gasteiger charge is -2.11. The Morgan fingerprint density at radius 2 is 2.17 bits per heavy atom. The molecule has 1 unspecified atom stereocenters. The number of amides is 1. The Bertz CT molecular complexity index is 482. The van der Waals surface area contributed by atoms with Crippen molar-refractivity contribution in [3.8, 4) is 0 Å². The lowest BCUT2D eigenvalue weighted by atomic mass is 9.98. The van der Waals surface area contributed by atoms with Crippen molar-refractivity contribution in [3.05, 3.63) is 41.7 Å². The number of carbonyl (C=O) groups excluding carboxylic acids is 1. The van der Waals surface area contributed by atoms with Crippen LogP contribution in [0.2, 0.25) is 0 Å². The van der Waals surface area contributed by atoms with Crippen LogP contribution in [-0.2, 0) is 0 Å². The van der Waals surface area contributed by atoms with E-state index in [-0.39, 0.29) is 11.7 Å². The fraction of sp³-hybridized carbons (Fsp3) is 0.333. The zero-order valence-corrected chi connectivity index (χ0v) is 10.1. The number of hydrogen-bond donors (Lipinski definition) is 2. The molecule has 0 aliphatic carbocycles. The van der Waals surface area contributed by atoms with Gasteiger partial charge in [0.05, 0.1) is 0 Å². The summed E-state index contributed by atoms with van der Waals surface area (Å²) in [5.74, 6) is 0.170. The summed E-state index contributed by atoms with van der Waals surface area (Å²) >= 11 is 0. The van der Waals surface area contributed by atoms with Crippen LogP contribution in [0.4, 0.5) is 0 Å². The zero-order valence-electron chi connectivity index (χ0n) is 10.1. The Labute approximate surface area is 105 Å². The molecule has 6 heteroatoms. The molecule has 0 aliphatic heterocycles. The molecule has 1 amide bonds. The molecule has 1 heterocycles. The van der Waals surface area contributed by atoms with Crippen molar-refractivity contribution in [2.45, 2.75) is 19.3 Å². The van der Waals surface area contributed by atoms with E-state index < -0.39 is 0 Å². The minimum absolute atomic E-state index is 0.0716. The van der Waals surface area contributed by atoms with E-state index in [1.54, 1.807) is 0 Å². The molecule has 2 N–H and O–H groups in total. The van der Waals surface area contributed by atoms with E-state index >= 15 is 0 Å². The highest BCUT2D eigenvalue weighted by Gasteiger charge is 2.10. The lowest BCUT2D eigenvalue weighted by molar-refractivity contribution is 0.0942. The summed E-state index contributed by atoms with van der Waals surface area (Å²) in [7, 11) is 0. The zero-order chi connectivity index (χ0) is 12.8. The van der Waals surface area contributed by atoms with Gasteiger partial charge >= 0.3 is 0 Å². The van der Waals surface area contributed by atoms with Crippen LogP contribution in [0.5, 0.6) is 0 Å². The molecule has 0 saturated heterocycles. The van der Waals surface area contributed by atoms with Crippen molar-refractivity contribution in [3.63, 3.8) is 0 Å². The highest BCUT2D eigenvalue weighted by atomic mass is 16.2. The summed E-state index contributed by atoms with van der Waals surface area (Å²) in [5.41, 5.74) is 1.27. The van der Waals surface area contributed by atoms with Crippen molar-refractivity contribution in [1.29, 1.82) is 0 Å². The molecule has 94 valence electrons. The molecule has 2 rings (SSSR count). The molecule has 0 aliphatic rings. The summed E-state index contributed by atoms with van der Waals surface area (Å²) in [6, 6.07) is 10.2. The maximum absolute atomic E-state index is 11.5. The molecule has 18 heavy (non-hydrogen) atoms. The second-order valence-corrected chi connectivity index (χ2v) is 4.09. The number of nitrogens with zero attached hydrogens (tertiary/aromatic N) is 3. The van der Waals surface area contributed by atoms with Crippen LogP contribution in [0, 0.1) is 0 Å². The van der Waals surface area contributed by atoms with Gasteiger partial charge in [-0.15, -0.1) is 10.2 Å². The third kappa shape index (κ3) is 3.13. The SMILES string of the molecule is CC(CCNC(=O)c1nn[nH]n1)c1ccccc1. The van der Waals surface area contributed by atoms with Crippen molar-refractivity contribution >= 4 is 5.91 Å². The first-order chi connectivity index (χ1) is 8.77. The number of benzene rings is 1. The molecule has 0 bridgehead atoms. The maximum Gasteiger partial charge on any atom is 0.292 e. The Hall–Kier alpha value is -2.24. The van der Waals surface area contributed by atoms with Crippen LogP contribution in [0.3, 0.4) is 0 Å². The predicted molar refractivity (Wildman–Crippen MR) is 66.0 cm³/mol. The smallest absolute Gasteiger partial charge is 0.292 e. The third-order valence-electron chi connectivity index (χ3n) is 2.78. The van der Waals surface area contributed by atoms with E-state index in [2.05, 4.69) is 45.0 Å². The van der Waals surface area contributed by atoms with Crippen molar-refractivity contribution in [1.82, 2.24) is 25.9 Å². The molecule has 1 atom stereocenters. The number of aromatic amines is 1. The van der Waals surface area contributed by atoms with E-state index in [1.807, 2.05) is 18.2 Å². The number of carbonyl (C=O) groups is 1. The van der Waals surface area contributed by atoms with Crippen molar-refractivity contribution < 1.29 is 4.79 Å². The third-order valence-corrected chi connectivity index (χ3v) is 2.78. The number of nitrogens with one attached hydrogen (secondary N) is 2. The van der Waals surface area contributed by atoms with E-state index in [0.29, 0.717) is 12.5 Å². The fourth-order valence-electron chi connectivity index (χ4n) is 1.69. The van der Waals surface area contributed by atoms with Gasteiger partial charge in [-0.3, -0.25) is 4.79 Å². The number of hydrogen-bond acceptors (Lipinski definition) is 4. The standard InChI is InChI=1S/C12H15N5O/c1-9(10-5-3-2-4-6-10)7-8-13-12(18)11-14-16-17-15-11/h2-6,9H,7-8H2,1H3,(H,13,18)(H,14,15,16,17). The van der Waals surface area contributed by atoms with Gasteiger partial charge in [0.1, 0.15) is 0 Å². The molecule has 0 spiro atoms. The first kappa shape index (κ1) is 12.2. The first-order valence-electron chi connectivity index (χ1n) is 5.84. The maximum atomic E-state index is 11.5. The normalized spacial score (nSPS) is 12.1. The Kier molecular flexibility index (Phi) is 4.01. The average Bonchev–Trinajstić information content (AvgIpc) is 2.93. The molecule has 1 aromatic heterocycles. The minimum atomic E-state index is -0.302. The number of rotatable bonds is 5. The van der Waals surface area contributed by atoms with Crippen molar-refractivity contribution in [2.24, 2.45) is 0 Å². The quantitative estimate of drug-likeness (QED) is 0.827. The lowest BCUT2D eigenvalue weighted by Crippen LogP contribution is -2.26. The Morgan fingerprint density at radius 1 is 1.39 bits per heavy atom. The highest BCUT2D eigenvalue weighted by Crippen LogP contribution is 2.17. The minimum Gasteiger partial charge on any atom is -0.349 e. The van der Waals surface area contributed by atoms with Gasteiger partial charge in [0.2, 0.25) is 0 Å². The molecular weight excluding hydrogens is 230 g/mol. The Morgan fingerprint density at radius 3 is 2.83 bits per heavy atom. The number of tetrazole rings is 1. The number of aromatic nitrogens is 4. The van der Waals surface area contributed by atoms with Crippen LogP contribution < -0.4 is 5.32 Å². The van der Waals surface area contributed by atoms with Gasteiger partial charge in [-0.05, 0) is 23.1 Å². The average molecular weight is 245 g/mol. The van der Waals surface area contributed by atoms with Gasteiger partial charge in [-0.25, -0.2) is 0 Å². The summed E-state index contributed by atoms with van der Waals surface area (Å²) < 4.78 is 0. The van der Waals surface area contributed by atoms with Crippen LogP contribution in [0.15, 0.2) is 30.3 Å². The van der Waals surface area contributed by atoms with Crippen LogP contribution in [-0.4, -0.2) is 33.1 Å². The van der Waals surface area contributed by atoms with E-state index in [4.69, 9.17) is 0 Å². The Balaban J connectivity index is 1.77. The predicted octanol–water partition coefficient (Wildman–Crippen LogP) is 1.12. The second kappa shape index (κ2) is 5.90. The molecule has 1 aromatic carbocycles. The van der Waals surface area contributed by atoms with E-state index in [1.165, 1.54) is 5.56 Å². The number of H-pyrrole nitrogens is 1. The van der Waals surface area contributed by atoms with Crippen molar-refractivity contribution in [2.75, 3.05) is 6.54 Å². The summed E-state index contributed by atoms with van der Waals surface area (Å²) in [6.07, 6.45) is 0.869. The topological polar surface area (TPSA) is 83.6 Å². The van der Waals surface area contributed by atoms with Gasteiger partial charge in [0, 0.05) is 6.54 Å². The van der Waals surface area contributed by atoms with E-state index in [0.717, 1.165) is 6.42 Å². The van der Waals surface area contributed by atoms with Crippen LogP contribution >= 0.6 is 0 Å². The molecule has 0 radical (unpaired) electrons. The largest absolute Gasteiger partial charge is 0.349 e.